The highest BCUT2D eigenvalue weighted by Crippen LogP contribution is 2.20. The third kappa shape index (κ3) is 1.11. The smallest absolute Gasteiger partial charge is 0.134 e. The highest BCUT2D eigenvalue weighted by molar-refractivity contribution is 5.78. The van der Waals surface area contributed by atoms with E-state index in [0.29, 0.717) is 0 Å². The fourth-order valence-electron chi connectivity index (χ4n) is 1.45. The number of fused-ring (bicyclic) bond motifs is 1. The van der Waals surface area contributed by atoms with Crippen LogP contribution in [0.4, 0.5) is 0 Å². The molecule has 12 heavy (non-hydrogen) atoms. The number of benzene rings is 1. The summed E-state index contributed by atoms with van der Waals surface area (Å²) in [7, 11) is 0. The topological polar surface area (TPSA) is 13.1 Å². The molecule has 0 saturated carbocycles. The Balaban J connectivity index is 2.66. The van der Waals surface area contributed by atoms with Crippen LogP contribution in [0.1, 0.15) is 18.2 Å². The van der Waals surface area contributed by atoms with Crippen LogP contribution in [0, 0.1) is 6.92 Å². The van der Waals surface area contributed by atoms with Gasteiger partial charge >= 0.3 is 0 Å². The second-order valence-electron chi connectivity index (χ2n) is 3.08. The van der Waals surface area contributed by atoms with Crippen LogP contribution < -0.4 is 0 Å². The molecule has 1 nitrogen and oxygen atoms in total. The fraction of sp³-hybridized carbons (Fsp3) is 0.273. The fourth-order valence-corrected chi connectivity index (χ4v) is 1.45. The second-order valence-corrected chi connectivity index (χ2v) is 3.08. The minimum Gasteiger partial charge on any atom is -0.461 e. The van der Waals surface area contributed by atoms with Crippen LogP contribution in [0.3, 0.4) is 0 Å². The van der Waals surface area contributed by atoms with Gasteiger partial charge in [0.1, 0.15) is 11.3 Å². The van der Waals surface area contributed by atoms with Gasteiger partial charge in [0.05, 0.1) is 0 Å². The van der Waals surface area contributed by atoms with Crippen molar-refractivity contribution in [2.75, 3.05) is 0 Å². The van der Waals surface area contributed by atoms with Gasteiger partial charge in [-0.15, -0.1) is 0 Å². The van der Waals surface area contributed by atoms with Crippen molar-refractivity contribution in [3.8, 4) is 0 Å². The molecule has 2 aromatic rings. The maximum atomic E-state index is 5.47. The van der Waals surface area contributed by atoms with Gasteiger partial charge in [-0.05, 0) is 37.1 Å². The molecule has 0 aliphatic carbocycles. The second kappa shape index (κ2) is 2.67. The van der Waals surface area contributed by atoms with Gasteiger partial charge in [-0.3, -0.25) is 0 Å². The Hall–Kier alpha value is -1.24. The van der Waals surface area contributed by atoms with Gasteiger partial charge in [-0.25, -0.2) is 0 Å². The Morgan fingerprint density at radius 1 is 1.25 bits per heavy atom. The van der Waals surface area contributed by atoms with Crippen molar-refractivity contribution in [2.24, 2.45) is 0 Å². The molecule has 0 aliphatic heterocycles. The first kappa shape index (κ1) is 7.41. The Labute approximate surface area is 72.0 Å². The monoisotopic (exact) mass is 160 g/mol. The van der Waals surface area contributed by atoms with E-state index in [2.05, 4.69) is 25.1 Å². The van der Waals surface area contributed by atoms with Crippen molar-refractivity contribution in [1.82, 2.24) is 0 Å². The summed E-state index contributed by atoms with van der Waals surface area (Å²) in [6, 6.07) is 8.42. The standard InChI is InChI=1S/C11H12O/c1-3-9-4-5-11-10(7-9)6-8(2)12-11/h4-7H,3H2,1-2H3. The summed E-state index contributed by atoms with van der Waals surface area (Å²) in [5, 5.41) is 1.21. The third-order valence-corrected chi connectivity index (χ3v) is 2.11. The van der Waals surface area contributed by atoms with Gasteiger partial charge in [-0.2, -0.15) is 0 Å². The van der Waals surface area contributed by atoms with E-state index in [-0.39, 0.29) is 0 Å². The van der Waals surface area contributed by atoms with Crippen LogP contribution in [-0.2, 0) is 6.42 Å². The molecule has 0 fully saturated rings. The number of furan rings is 1. The minimum absolute atomic E-state index is 0.984. The third-order valence-electron chi connectivity index (χ3n) is 2.11. The molecule has 1 aromatic carbocycles. The van der Waals surface area contributed by atoms with Gasteiger partial charge < -0.3 is 4.42 Å². The lowest BCUT2D eigenvalue weighted by atomic mass is 10.1. The SMILES string of the molecule is CCc1ccc2oc(C)cc2c1. The minimum atomic E-state index is 0.984. The van der Waals surface area contributed by atoms with Crippen LogP contribution in [0.2, 0.25) is 0 Å². The first-order valence-electron chi connectivity index (χ1n) is 4.28. The zero-order valence-corrected chi connectivity index (χ0v) is 7.42. The van der Waals surface area contributed by atoms with Gasteiger partial charge in [0.15, 0.2) is 0 Å². The largest absolute Gasteiger partial charge is 0.461 e. The summed E-state index contributed by atoms with van der Waals surface area (Å²) >= 11 is 0. The summed E-state index contributed by atoms with van der Waals surface area (Å²) < 4.78 is 5.47. The lowest BCUT2D eigenvalue weighted by Gasteiger charge is -1.93. The predicted molar refractivity (Wildman–Crippen MR) is 50.3 cm³/mol. The molecule has 62 valence electrons. The van der Waals surface area contributed by atoms with Crippen molar-refractivity contribution >= 4 is 11.0 Å². The zero-order valence-electron chi connectivity index (χ0n) is 7.42. The molecule has 1 aromatic heterocycles. The average Bonchev–Trinajstić information content (AvgIpc) is 2.43. The molecule has 0 spiro atoms. The van der Waals surface area contributed by atoms with Crippen LogP contribution in [-0.4, -0.2) is 0 Å². The quantitative estimate of drug-likeness (QED) is 0.623. The van der Waals surface area contributed by atoms with E-state index in [1.165, 1.54) is 10.9 Å². The van der Waals surface area contributed by atoms with Crippen LogP contribution in [0.15, 0.2) is 28.7 Å². The molecule has 2 rings (SSSR count). The van der Waals surface area contributed by atoms with Crippen LogP contribution in [0.25, 0.3) is 11.0 Å². The lowest BCUT2D eigenvalue weighted by Crippen LogP contribution is -1.76. The maximum absolute atomic E-state index is 5.47. The molecule has 0 N–H and O–H groups in total. The molecule has 1 heterocycles. The summed E-state index contributed by atoms with van der Waals surface area (Å²) in [5.41, 5.74) is 2.35. The summed E-state index contributed by atoms with van der Waals surface area (Å²) in [4.78, 5) is 0. The lowest BCUT2D eigenvalue weighted by molar-refractivity contribution is 0.578. The average molecular weight is 160 g/mol. The molecule has 1 heteroatoms. The summed E-state index contributed by atoms with van der Waals surface area (Å²) in [6.45, 7) is 4.14. The predicted octanol–water partition coefficient (Wildman–Crippen LogP) is 3.30. The van der Waals surface area contributed by atoms with E-state index in [9.17, 15) is 0 Å². The number of aryl methyl sites for hydroxylation is 2. The van der Waals surface area contributed by atoms with Crippen molar-refractivity contribution in [2.45, 2.75) is 20.3 Å². The first-order chi connectivity index (χ1) is 5.79. The molecule has 0 saturated heterocycles. The van der Waals surface area contributed by atoms with E-state index in [1.807, 2.05) is 13.0 Å². The molecule has 0 unspecified atom stereocenters. The molecule has 0 atom stereocenters. The Morgan fingerprint density at radius 2 is 2.08 bits per heavy atom. The molecule has 0 aliphatic rings. The number of hydrogen-bond donors (Lipinski definition) is 0. The Kier molecular flexibility index (Phi) is 1.65. The van der Waals surface area contributed by atoms with Crippen LogP contribution >= 0.6 is 0 Å². The van der Waals surface area contributed by atoms with Gasteiger partial charge in [0.2, 0.25) is 0 Å². The highest BCUT2D eigenvalue weighted by Gasteiger charge is 1.99. The molecule has 0 amide bonds. The van der Waals surface area contributed by atoms with E-state index >= 15 is 0 Å². The van der Waals surface area contributed by atoms with Crippen LogP contribution in [0.5, 0.6) is 0 Å². The van der Waals surface area contributed by atoms with E-state index in [0.717, 1.165) is 17.8 Å². The van der Waals surface area contributed by atoms with Crippen molar-refractivity contribution < 1.29 is 4.42 Å². The zero-order chi connectivity index (χ0) is 8.55. The van der Waals surface area contributed by atoms with Gasteiger partial charge in [0, 0.05) is 5.39 Å². The van der Waals surface area contributed by atoms with Crippen molar-refractivity contribution in [3.63, 3.8) is 0 Å². The Morgan fingerprint density at radius 3 is 2.83 bits per heavy atom. The van der Waals surface area contributed by atoms with E-state index in [1.54, 1.807) is 0 Å². The molecular formula is C11H12O. The molecule has 0 bridgehead atoms. The van der Waals surface area contributed by atoms with E-state index < -0.39 is 0 Å². The summed E-state index contributed by atoms with van der Waals surface area (Å²) in [5.74, 6) is 0.984. The molecular weight excluding hydrogens is 148 g/mol. The normalized spacial score (nSPS) is 10.8. The first-order valence-corrected chi connectivity index (χ1v) is 4.28. The highest BCUT2D eigenvalue weighted by atomic mass is 16.3. The van der Waals surface area contributed by atoms with Crippen molar-refractivity contribution in [1.29, 1.82) is 0 Å². The van der Waals surface area contributed by atoms with Crippen molar-refractivity contribution in [3.05, 3.63) is 35.6 Å². The summed E-state index contributed by atoms with van der Waals surface area (Å²) in [6.07, 6.45) is 1.08. The maximum Gasteiger partial charge on any atom is 0.134 e. The van der Waals surface area contributed by atoms with Gasteiger partial charge in [0.25, 0.3) is 0 Å². The van der Waals surface area contributed by atoms with E-state index in [4.69, 9.17) is 4.42 Å². The Bertz CT molecular complexity index is 398. The number of hydrogen-bond acceptors (Lipinski definition) is 1. The molecule has 0 radical (unpaired) electrons. The number of rotatable bonds is 1. The van der Waals surface area contributed by atoms with Gasteiger partial charge in [-0.1, -0.05) is 13.0 Å².